The number of hydrogen-bond acceptors (Lipinski definition) is 7. The average Bonchev–Trinajstić information content (AvgIpc) is 3.13. The van der Waals surface area contributed by atoms with E-state index in [1.807, 2.05) is 14.0 Å². The second-order valence-electron chi connectivity index (χ2n) is 9.71. The molecule has 1 unspecified atom stereocenters. The number of fused-ring (bicyclic) bond motifs is 1. The van der Waals surface area contributed by atoms with E-state index >= 15 is 0 Å². The van der Waals surface area contributed by atoms with Crippen molar-refractivity contribution in [3.05, 3.63) is 16.3 Å². The summed E-state index contributed by atoms with van der Waals surface area (Å²) in [5.41, 5.74) is -0.626. The van der Waals surface area contributed by atoms with Gasteiger partial charge in [-0.15, -0.1) is 0 Å². The van der Waals surface area contributed by atoms with Crippen molar-refractivity contribution in [2.45, 2.75) is 45.9 Å². The Bertz CT molecular complexity index is 780. The fraction of sp³-hybridized carbons (Fsp3) is 0.789. The zero-order valence-electron chi connectivity index (χ0n) is 18.4. The lowest BCUT2D eigenvalue weighted by Gasteiger charge is -2.46. The Balaban J connectivity index is 1.51. The summed E-state index contributed by atoms with van der Waals surface area (Å²) in [5.74, 6) is -0.200. The number of nitro groups is 1. The van der Waals surface area contributed by atoms with Gasteiger partial charge in [0.2, 0.25) is 0 Å². The van der Waals surface area contributed by atoms with Crippen molar-refractivity contribution in [2.75, 3.05) is 46.3 Å². The van der Waals surface area contributed by atoms with Crippen molar-refractivity contribution in [1.29, 1.82) is 0 Å². The van der Waals surface area contributed by atoms with Crippen LogP contribution in [0.15, 0.2) is 6.20 Å². The molecule has 0 spiro atoms. The second-order valence-corrected chi connectivity index (χ2v) is 9.71. The molecular weight excluding hydrogens is 392 g/mol. The van der Waals surface area contributed by atoms with Crippen LogP contribution in [-0.4, -0.2) is 98.3 Å². The predicted octanol–water partition coefficient (Wildman–Crippen LogP) is 1.58. The fourth-order valence-corrected chi connectivity index (χ4v) is 4.34. The number of imidazole rings is 1. The number of piperazine rings is 1. The van der Waals surface area contributed by atoms with E-state index < -0.39 is 16.6 Å². The summed E-state index contributed by atoms with van der Waals surface area (Å²) in [4.78, 5) is 31.9. The van der Waals surface area contributed by atoms with E-state index in [0.717, 1.165) is 26.2 Å². The average molecular weight is 425 g/mol. The highest BCUT2D eigenvalue weighted by Crippen LogP contribution is 2.31. The van der Waals surface area contributed by atoms with Gasteiger partial charge in [-0.3, -0.25) is 9.47 Å². The molecule has 11 nitrogen and oxygen atoms in total. The van der Waals surface area contributed by atoms with Gasteiger partial charge < -0.3 is 29.8 Å². The predicted molar refractivity (Wildman–Crippen MR) is 110 cm³/mol. The molecule has 30 heavy (non-hydrogen) atoms. The quantitative estimate of drug-likeness (QED) is 0.540. The summed E-state index contributed by atoms with van der Waals surface area (Å²) in [6.07, 6.45) is 0.561. The largest absolute Gasteiger partial charge is 0.465 e. The molecule has 3 heterocycles. The highest BCUT2D eigenvalue weighted by molar-refractivity contribution is 5.65. The number of aromatic nitrogens is 2. The van der Waals surface area contributed by atoms with E-state index in [1.54, 1.807) is 9.47 Å². The smallest absolute Gasteiger partial charge is 0.415 e. The van der Waals surface area contributed by atoms with Crippen molar-refractivity contribution in [3.8, 4) is 6.01 Å². The monoisotopic (exact) mass is 424 g/mol. The molecule has 2 atom stereocenters. The molecule has 3 rings (SSSR count). The van der Waals surface area contributed by atoms with Gasteiger partial charge in [0.1, 0.15) is 11.8 Å². The Morgan fingerprint density at radius 2 is 2.17 bits per heavy atom. The van der Waals surface area contributed by atoms with Crippen LogP contribution in [-0.2, 0) is 6.54 Å². The minimum atomic E-state index is -0.851. The van der Waals surface area contributed by atoms with Crippen molar-refractivity contribution in [1.82, 2.24) is 24.3 Å². The van der Waals surface area contributed by atoms with E-state index in [0.29, 0.717) is 19.6 Å². The molecule has 0 bridgehead atoms. The van der Waals surface area contributed by atoms with E-state index in [-0.39, 0.29) is 23.3 Å². The Labute approximate surface area is 176 Å². The standard InChI is InChI=1S/C19H32N6O5/c1-18(2,3)14-10-22(8-9-24(14)17(26)27)7-6-21(5)12-19(4)13-23-11-15(25(28)29)20-16(23)30-19/h11,14H,6-10,12-13H2,1-5H3,(H,26,27)/t14-,19?/m1/s1. The molecule has 1 saturated heterocycles. The van der Waals surface area contributed by atoms with E-state index in [4.69, 9.17) is 4.74 Å². The van der Waals surface area contributed by atoms with Gasteiger partial charge in [-0.2, -0.15) is 0 Å². The van der Waals surface area contributed by atoms with Crippen molar-refractivity contribution in [3.63, 3.8) is 0 Å². The topological polar surface area (TPSA) is 117 Å². The lowest BCUT2D eigenvalue weighted by Crippen LogP contribution is -2.60. The van der Waals surface area contributed by atoms with Crippen LogP contribution in [0.1, 0.15) is 27.7 Å². The molecule has 0 saturated carbocycles. The summed E-state index contributed by atoms with van der Waals surface area (Å²) in [5, 5.41) is 20.4. The number of carboxylic acid groups (broad SMARTS) is 1. The van der Waals surface area contributed by atoms with Crippen LogP contribution in [0.3, 0.4) is 0 Å². The van der Waals surface area contributed by atoms with Gasteiger partial charge >= 0.3 is 17.9 Å². The Morgan fingerprint density at radius 1 is 1.47 bits per heavy atom. The van der Waals surface area contributed by atoms with Crippen LogP contribution in [0.5, 0.6) is 6.01 Å². The SMILES string of the molecule is CN(CCN1CCN(C(=O)O)[C@@H](C(C)(C)C)C1)CC1(C)Cn2cc([N+](=O)[O-])nc2O1. The normalized spacial score (nSPS) is 24.7. The van der Waals surface area contributed by atoms with Crippen LogP contribution in [0.4, 0.5) is 10.6 Å². The molecule has 2 aliphatic rings. The first-order valence-corrected chi connectivity index (χ1v) is 10.2. The lowest BCUT2D eigenvalue weighted by atomic mass is 9.84. The van der Waals surface area contributed by atoms with Gasteiger partial charge in [0.05, 0.1) is 12.6 Å². The van der Waals surface area contributed by atoms with Crippen LogP contribution in [0, 0.1) is 15.5 Å². The minimum Gasteiger partial charge on any atom is -0.465 e. The summed E-state index contributed by atoms with van der Waals surface area (Å²) in [7, 11) is 2.02. The van der Waals surface area contributed by atoms with Gasteiger partial charge in [-0.25, -0.2) is 4.79 Å². The molecule has 1 aromatic rings. The van der Waals surface area contributed by atoms with E-state index in [1.165, 1.54) is 6.20 Å². The summed E-state index contributed by atoms with van der Waals surface area (Å²) < 4.78 is 7.60. The maximum atomic E-state index is 11.6. The Morgan fingerprint density at radius 3 is 2.73 bits per heavy atom. The van der Waals surface area contributed by atoms with E-state index in [9.17, 15) is 20.0 Å². The molecule has 0 aliphatic carbocycles. The summed E-state index contributed by atoms with van der Waals surface area (Å²) in [6.45, 7) is 13.0. The first-order chi connectivity index (χ1) is 13.9. The van der Waals surface area contributed by atoms with Gasteiger partial charge in [-0.05, 0) is 24.3 Å². The van der Waals surface area contributed by atoms with Gasteiger partial charge in [-0.1, -0.05) is 20.8 Å². The van der Waals surface area contributed by atoms with Gasteiger partial charge in [0.25, 0.3) is 0 Å². The number of amides is 1. The zero-order chi connectivity index (χ0) is 22.3. The molecule has 168 valence electrons. The molecule has 1 aromatic heterocycles. The van der Waals surface area contributed by atoms with Crippen molar-refractivity contribution >= 4 is 11.9 Å². The number of likely N-dealkylation sites (N-methyl/N-ethyl adjacent to an activating group) is 1. The fourth-order valence-electron chi connectivity index (χ4n) is 4.34. The summed E-state index contributed by atoms with van der Waals surface area (Å²) in [6, 6.07) is 0.243. The van der Waals surface area contributed by atoms with Crippen LogP contribution >= 0.6 is 0 Å². The molecule has 11 heteroatoms. The van der Waals surface area contributed by atoms with Crippen LogP contribution in [0.2, 0.25) is 0 Å². The van der Waals surface area contributed by atoms with Gasteiger partial charge in [0, 0.05) is 44.3 Å². The number of hydrogen-bond donors (Lipinski definition) is 1. The highest BCUT2D eigenvalue weighted by atomic mass is 16.6. The molecule has 1 N–H and O–H groups in total. The molecule has 0 aromatic carbocycles. The number of nitrogens with zero attached hydrogens (tertiary/aromatic N) is 6. The van der Waals surface area contributed by atoms with Crippen molar-refractivity contribution in [2.24, 2.45) is 5.41 Å². The molecule has 1 amide bonds. The van der Waals surface area contributed by atoms with Crippen LogP contribution < -0.4 is 4.74 Å². The zero-order valence-corrected chi connectivity index (χ0v) is 18.4. The third kappa shape index (κ3) is 4.84. The Kier molecular flexibility index (Phi) is 5.96. The number of ether oxygens (including phenoxy) is 1. The van der Waals surface area contributed by atoms with E-state index in [2.05, 4.69) is 35.6 Å². The third-order valence-corrected chi connectivity index (χ3v) is 5.87. The van der Waals surface area contributed by atoms with Crippen LogP contribution in [0.25, 0.3) is 0 Å². The van der Waals surface area contributed by atoms with Crippen molar-refractivity contribution < 1.29 is 19.6 Å². The minimum absolute atomic E-state index is 0.0440. The lowest BCUT2D eigenvalue weighted by molar-refractivity contribution is -0.389. The summed E-state index contributed by atoms with van der Waals surface area (Å²) >= 11 is 0. The second kappa shape index (κ2) is 8.03. The Hall–Kier alpha value is -2.40. The maximum absolute atomic E-state index is 11.6. The molecule has 2 aliphatic heterocycles. The number of rotatable bonds is 6. The number of carbonyl (C=O) groups is 1. The highest BCUT2D eigenvalue weighted by Gasteiger charge is 2.41. The maximum Gasteiger partial charge on any atom is 0.415 e. The first-order valence-electron chi connectivity index (χ1n) is 10.2. The first kappa shape index (κ1) is 22.3. The van der Waals surface area contributed by atoms with Gasteiger partial charge in [0.15, 0.2) is 0 Å². The third-order valence-electron chi connectivity index (χ3n) is 5.87. The molecule has 1 fully saturated rings. The molecular formula is C19H32N6O5. The molecule has 0 radical (unpaired) electrons.